The lowest BCUT2D eigenvalue weighted by Gasteiger charge is -2.07. The standard InChI is InChI=1S/C17H15N3O/c18-14-6-4-5-13(11-14)12-16-17(21)9-10-20(19-16)15-7-2-1-3-8-15/h1-11H,12,18H2. The normalized spacial score (nSPS) is 10.5. The third kappa shape index (κ3) is 3.00. The Labute approximate surface area is 122 Å². The van der Waals surface area contributed by atoms with Gasteiger partial charge >= 0.3 is 0 Å². The molecule has 0 amide bonds. The highest BCUT2D eigenvalue weighted by atomic mass is 16.1. The van der Waals surface area contributed by atoms with Crippen LogP contribution in [-0.2, 0) is 6.42 Å². The molecule has 0 spiro atoms. The van der Waals surface area contributed by atoms with Crippen molar-refractivity contribution in [3.8, 4) is 5.69 Å². The van der Waals surface area contributed by atoms with Gasteiger partial charge in [-0.2, -0.15) is 5.10 Å². The van der Waals surface area contributed by atoms with Gasteiger partial charge in [0.1, 0.15) is 5.69 Å². The minimum Gasteiger partial charge on any atom is -0.399 e. The van der Waals surface area contributed by atoms with E-state index >= 15 is 0 Å². The zero-order valence-corrected chi connectivity index (χ0v) is 11.4. The third-order valence-electron chi connectivity index (χ3n) is 3.22. The maximum Gasteiger partial charge on any atom is 0.203 e. The molecule has 2 aromatic carbocycles. The minimum absolute atomic E-state index is 0.0652. The Bertz CT molecular complexity index is 810. The minimum atomic E-state index is -0.0652. The van der Waals surface area contributed by atoms with Crippen LogP contribution >= 0.6 is 0 Å². The Balaban J connectivity index is 1.97. The molecule has 1 aromatic heterocycles. The average Bonchev–Trinajstić information content (AvgIpc) is 2.50. The van der Waals surface area contributed by atoms with Crippen LogP contribution in [0.2, 0.25) is 0 Å². The quantitative estimate of drug-likeness (QED) is 0.748. The fourth-order valence-electron chi connectivity index (χ4n) is 2.19. The van der Waals surface area contributed by atoms with Crippen LogP contribution in [0.1, 0.15) is 11.3 Å². The van der Waals surface area contributed by atoms with Crippen molar-refractivity contribution in [2.45, 2.75) is 6.42 Å². The molecule has 0 aliphatic carbocycles. The van der Waals surface area contributed by atoms with Gasteiger partial charge in [0, 0.05) is 24.4 Å². The Morgan fingerprint density at radius 3 is 2.57 bits per heavy atom. The number of rotatable bonds is 3. The summed E-state index contributed by atoms with van der Waals surface area (Å²) in [5.41, 5.74) is 8.80. The summed E-state index contributed by atoms with van der Waals surface area (Å²) < 4.78 is 1.71. The lowest BCUT2D eigenvalue weighted by Crippen LogP contribution is -2.16. The summed E-state index contributed by atoms with van der Waals surface area (Å²) in [5.74, 6) is 0. The van der Waals surface area contributed by atoms with Gasteiger partial charge in [0.05, 0.1) is 5.69 Å². The number of aromatic nitrogens is 2. The molecule has 0 aliphatic heterocycles. The molecular formula is C17H15N3O. The monoisotopic (exact) mass is 277 g/mol. The molecule has 4 heteroatoms. The van der Waals surface area contributed by atoms with Gasteiger partial charge in [-0.1, -0.05) is 30.3 Å². The highest BCUT2D eigenvalue weighted by Crippen LogP contribution is 2.10. The van der Waals surface area contributed by atoms with E-state index in [9.17, 15) is 4.79 Å². The summed E-state index contributed by atoms with van der Waals surface area (Å²) >= 11 is 0. The van der Waals surface area contributed by atoms with Crippen LogP contribution in [0.15, 0.2) is 71.7 Å². The van der Waals surface area contributed by atoms with E-state index in [2.05, 4.69) is 5.10 Å². The second-order valence-electron chi connectivity index (χ2n) is 4.83. The Hall–Kier alpha value is -2.88. The number of anilines is 1. The maximum atomic E-state index is 12.0. The second-order valence-corrected chi connectivity index (χ2v) is 4.83. The van der Waals surface area contributed by atoms with E-state index in [1.165, 1.54) is 0 Å². The SMILES string of the molecule is Nc1cccc(Cc2nn(-c3ccccc3)ccc2=O)c1. The molecule has 4 nitrogen and oxygen atoms in total. The summed E-state index contributed by atoms with van der Waals surface area (Å²) in [6.45, 7) is 0. The van der Waals surface area contributed by atoms with Crippen molar-refractivity contribution in [3.05, 3.63) is 88.3 Å². The van der Waals surface area contributed by atoms with E-state index in [1.807, 2.05) is 54.6 Å². The number of hydrogen-bond donors (Lipinski definition) is 1. The fourth-order valence-corrected chi connectivity index (χ4v) is 2.19. The molecule has 0 atom stereocenters. The lowest BCUT2D eigenvalue weighted by molar-refractivity contribution is 0.792. The van der Waals surface area contributed by atoms with Crippen LogP contribution in [0.4, 0.5) is 5.69 Å². The van der Waals surface area contributed by atoms with Crippen LogP contribution < -0.4 is 11.2 Å². The van der Waals surface area contributed by atoms with Crippen LogP contribution in [0.25, 0.3) is 5.69 Å². The first-order chi connectivity index (χ1) is 10.2. The Morgan fingerprint density at radius 1 is 1.00 bits per heavy atom. The van der Waals surface area contributed by atoms with E-state index in [0.717, 1.165) is 11.3 Å². The summed E-state index contributed by atoms with van der Waals surface area (Å²) in [4.78, 5) is 12.0. The summed E-state index contributed by atoms with van der Waals surface area (Å²) in [7, 11) is 0. The number of nitrogens with zero attached hydrogens (tertiary/aromatic N) is 2. The maximum absolute atomic E-state index is 12.0. The van der Waals surface area contributed by atoms with Crippen molar-refractivity contribution >= 4 is 5.69 Å². The highest BCUT2D eigenvalue weighted by molar-refractivity contribution is 5.41. The molecule has 3 aromatic rings. The first kappa shape index (κ1) is 13.1. The number of para-hydroxylation sites is 1. The van der Waals surface area contributed by atoms with Crippen LogP contribution in [0.3, 0.4) is 0 Å². The second kappa shape index (κ2) is 5.63. The molecule has 2 N–H and O–H groups in total. The number of nitrogens with two attached hydrogens (primary N) is 1. The van der Waals surface area contributed by atoms with E-state index < -0.39 is 0 Å². The molecule has 0 unspecified atom stereocenters. The van der Waals surface area contributed by atoms with Crippen LogP contribution in [0.5, 0.6) is 0 Å². The van der Waals surface area contributed by atoms with Crippen molar-refractivity contribution in [1.82, 2.24) is 9.78 Å². The largest absolute Gasteiger partial charge is 0.399 e. The van der Waals surface area contributed by atoms with Gasteiger partial charge in [0.25, 0.3) is 0 Å². The molecular weight excluding hydrogens is 262 g/mol. The molecule has 0 aliphatic rings. The number of benzene rings is 2. The van der Waals surface area contributed by atoms with E-state index in [-0.39, 0.29) is 5.43 Å². The highest BCUT2D eigenvalue weighted by Gasteiger charge is 2.05. The molecule has 0 fully saturated rings. The molecule has 0 radical (unpaired) electrons. The Morgan fingerprint density at radius 2 is 1.81 bits per heavy atom. The van der Waals surface area contributed by atoms with E-state index in [1.54, 1.807) is 16.9 Å². The smallest absolute Gasteiger partial charge is 0.203 e. The molecule has 1 heterocycles. The van der Waals surface area contributed by atoms with Crippen molar-refractivity contribution in [1.29, 1.82) is 0 Å². The average molecular weight is 277 g/mol. The molecule has 21 heavy (non-hydrogen) atoms. The topological polar surface area (TPSA) is 60.9 Å². The van der Waals surface area contributed by atoms with Crippen molar-refractivity contribution < 1.29 is 0 Å². The zero-order valence-electron chi connectivity index (χ0n) is 11.4. The fraction of sp³-hybridized carbons (Fsp3) is 0.0588. The summed E-state index contributed by atoms with van der Waals surface area (Å²) in [6.07, 6.45) is 2.15. The van der Waals surface area contributed by atoms with Crippen LogP contribution in [0, 0.1) is 0 Å². The van der Waals surface area contributed by atoms with Gasteiger partial charge < -0.3 is 5.73 Å². The molecule has 0 saturated heterocycles. The molecule has 104 valence electrons. The first-order valence-electron chi connectivity index (χ1n) is 6.71. The molecule has 0 saturated carbocycles. The van der Waals surface area contributed by atoms with E-state index in [4.69, 9.17) is 5.73 Å². The summed E-state index contributed by atoms with van der Waals surface area (Å²) in [6, 6.07) is 18.8. The van der Waals surface area contributed by atoms with Gasteiger partial charge in [-0.25, -0.2) is 4.68 Å². The van der Waals surface area contributed by atoms with Gasteiger partial charge in [-0.15, -0.1) is 0 Å². The van der Waals surface area contributed by atoms with E-state index in [0.29, 0.717) is 17.8 Å². The lowest BCUT2D eigenvalue weighted by atomic mass is 10.1. The van der Waals surface area contributed by atoms with Crippen LogP contribution in [-0.4, -0.2) is 9.78 Å². The first-order valence-corrected chi connectivity index (χ1v) is 6.71. The van der Waals surface area contributed by atoms with Gasteiger partial charge in [-0.05, 0) is 29.8 Å². The molecule has 0 bridgehead atoms. The zero-order chi connectivity index (χ0) is 14.7. The molecule has 3 rings (SSSR count). The number of hydrogen-bond acceptors (Lipinski definition) is 3. The summed E-state index contributed by atoms with van der Waals surface area (Å²) in [5, 5.41) is 4.43. The van der Waals surface area contributed by atoms with Crippen molar-refractivity contribution in [2.24, 2.45) is 0 Å². The predicted molar refractivity (Wildman–Crippen MR) is 83.5 cm³/mol. The van der Waals surface area contributed by atoms with Gasteiger partial charge in [0.15, 0.2) is 0 Å². The number of nitrogen functional groups attached to an aromatic ring is 1. The van der Waals surface area contributed by atoms with Crippen molar-refractivity contribution in [2.75, 3.05) is 5.73 Å². The van der Waals surface area contributed by atoms with Gasteiger partial charge in [0.2, 0.25) is 5.43 Å². The third-order valence-corrected chi connectivity index (χ3v) is 3.22. The van der Waals surface area contributed by atoms with Gasteiger partial charge in [-0.3, -0.25) is 4.79 Å². The predicted octanol–water partition coefficient (Wildman–Crippen LogP) is 2.41. The Kier molecular flexibility index (Phi) is 3.51. The van der Waals surface area contributed by atoms with Crippen molar-refractivity contribution in [3.63, 3.8) is 0 Å².